The summed E-state index contributed by atoms with van der Waals surface area (Å²) in [5, 5.41) is 9.49. The van der Waals surface area contributed by atoms with Crippen molar-refractivity contribution in [2.75, 3.05) is 4.90 Å². The number of hydrogen-bond acceptors (Lipinski definition) is 2. The fourth-order valence-electron chi connectivity index (χ4n) is 9.53. The molecule has 1 heterocycles. The van der Waals surface area contributed by atoms with Gasteiger partial charge in [-0.25, -0.2) is 0 Å². The van der Waals surface area contributed by atoms with Crippen LogP contribution in [0.5, 0.6) is 0 Å². The van der Waals surface area contributed by atoms with Crippen LogP contribution in [0.15, 0.2) is 241 Å². The molecule has 290 valence electrons. The van der Waals surface area contributed by atoms with E-state index >= 15 is 0 Å². The van der Waals surface area contributed by atoms with Gasteiger partial charge in [0.2, 0.25) is 0 Å². The number of furan rings is 1. The Hall–Kier alpha value is -8.20. The van der Waals surface area contributed by atoms with Gasteiger partial charge in [0.05, 0.1) is 5.69 Å². The summed E-state index contributed by atoms with van der Waals surface area (Å²) in [6.07, 6.45) is 0. The van der Waals surface area contributed by atoms with Crippen molar-refractivity contribution in [1.82, 2.24) is 0 Å². The summed E-state index contributed by atoms with van der Waals surface area (Å²) in [6, 6.07) is 85.3. The molecule has 0 aliphatic heterocycles. The summed E-state index contributed by atoms with van der Waals surface area (Å²) in [5.74, 6) is 0. The molecule has 0 atom stereocenters. The molecule has 0 bridgehead atoms. The zero-order chi connectivity index (χ0) is 41.0. The SMILES string of the molecule is c1ccc(-c2ccc(N(c3ccc(-c4ccc5c(c4)c(-c4ccccc4)c(-c4ccccc4)c4ccccc45)cc3)c3cccc4c3oc3c5ccccc5ccc43)cc2)cc1. The van der Waals surface area contributed by atoms with Crippen molar-refractivity contribution in [2.24, 2.45) is 0 Å². The van der Waals surface area contributed by atoms with E-state index in [0.717, 1.165) is 50.0 Å². The van der Waals surface area contributed by atoms with E-state index in [1.165, 1.54) is 65.9 Å². The van der Waals surface area contributed by atoms with Gasteiger partial charge in [-0.05, 0) is 114 Å². The molecule has 1 aromatic heterocycles. The first-order valence-electron chi connectivity index (χ1n) is 21.3. The Labute approximate surface area is 360 Å². The van der Waals surface area contributed by atoms with E-state index in [1.54, 1.807) is 0 Å². The molecule has 0 aliphatic rings. The summed E-state index contributed by atoms with van der Waals surface area (Å²) >= 11 is 0. The van der Waals surface area contributed by atoms with Crippen LogP contribution in [0.2, 0.25) is 0 Å². The average Bonchev–Trinajstić information content (AvgIpc) is 3.75. The molecule has 0 saturated heterocycles. The van der Waals surface area contributed by atoms with E-state index < -0.39 is 0 Å². The molecule has 0 N–H and O–H groups in total. The zero-order valence-electron chi connectivity index (χ0n) is 33.9. The smallest absolute Gasteiger partial charge is 0.159 e. The Morgan fingerprint density at radius 2 is 0.710 bits per heavy atom. The Kier molecular flexibility index (Phi) is 8.53. The van der Waals surface area contributed by atoms with Crippen molar-refractivity contribution >= 4 is 71.3 Å². The fourth-order valence-corrected chi connectivity index (χ4v) is 9.53. The first-order chi connectivity index (χ1) is 30.8. The van der Waals surface area contributed by atoms with Crippen LogP contribution < -0.4 is 4.90 Å². The van der Waals surface area contributed by atoms with E-state index in [9.17, 15) is 0 Å². The normalized spacial score (nSPS) is 11.5. The molecular formula is C60H39NO. The van der Waals surface area contributed by atoms with Crippen LogP contribution in [0.4, 0.5) is 17.1 Å². The van der Waals surface area contributed by atoms with E-state index in [2.05, 4.69) is 241 Å². The predicted octanol–water partition coefficient (Wildman–Crippen LogP) is 17.2. The van der Waals surface area contributed by atoms with Gasteiger partial charge in [-0.15, -0.1) is 0 Å². The molecule has 0 aliphatic carbocycles. The maximum Gasteiger partial charge on any atom is 0.159 e. The predicted molar refractivity (Wildman–Crippen MR) is 263 cm³/mol. The highest BCUT2D eigenvalue weighted by molar-refractivity contribution is 6.22. The lowest BCUT2D eigenvalue weighted by Gasteiger charge is -2.26. The standard InChI is InChI=1S/C60H39NO/c1-4-15-40(16-5-1)41-27-33-47(34-28-41)61(56-26-14-25-53-54-38-31-43-17-10-11-22-49(43)59(54)62-60(53)56)48-35-29-42(30-36-48)46-32-37-51-50-23-12-13-24-52(50)57(44-18-6-2-7-19-44)58(55(51)39-46)45-20-8-3-9-21-45/h1-39H. The number of anilines is 3. The van der Waals surface area contributed by atoms with Gasteiger partial charge in [0.1, 0.15) is 5.58 Å². The lowest BCUT2D eigenvalue weighted by atomic mass is 9.84. The first kappa shape index (κ1) is 35.7. The van der Waals surface area contributed by atoms with E-state index in [0.29, 0.717) is 0 Å². The maximum atomic E-state index is 6.93. The summed E-state index contributed by atoms with van der Waals surface area (Å²) in [7, 11) is 0. The number of nitrogens with zero attached hydrogens (tertiary/aromatic N) is 1. The minimum Gasteiger partial charge on any atom is -0.453 e. The van der Waals surface area contributed by atoms with Crippen LogP contribution in [-0.4, -0.2) is 0 Å². The fraction of sp³-hybridized carbons (Fsp3) is 0. The van der Waals surface area contributed by atoms with E-state index in [-0.39, 0.29) is 0 Å². The monoisotopic (exact) mass is 789 g/mol. The topological polar surface area (TPSA) is 16.4 Å². The molecule has 12 rings (SSSR count). The summed E-state index contributed by atoms with van der Waals surface area (Å²) in [5.41, 5.74) is 14.5. The van der Waals surface area contributed by atoms with Crippen molar-refractivity contribution in [3.8, 4) is 44.5 Å². The number of rotatable bonds is 7. The second-order valence-corrected chi connectivity index (χ2v) is 16.0. The van der Waals surface area contributed by atoms with Gasteiger partial charge in [-0.3, -0.25) is 0 Å². The van der Waals surface area contributed by atoms with Gasteiger partial charge in [-0.2, -0.15) is 0 Å². The molecule has 0 spiro atoms. The molecule has 0 fully saturated rings. The van der Waals surface area contributed by atoms with Crippen LogP contribution in [0.25, 0.3) is 98.8 Å². The Bertz CT molecular complexity index is 3590. The van der Waals surface area contributed by atoms with Crippen molar-refractivity contribution < 1.29 is 4.42 Å². The second kappa shape index (κ2) is 14.8. The van der Waals surface area contributed by atoms with Gasteiger partial charge in [0, 0.05) is 27.5 Å². The molecule has 0 amide bonds. The third kappa shape index (κ3) is 5.96. The van der Waals surface area contributed by atoms with Gasteiger partial charge in [-0.1, -0.05) is 194 Å². The molecule has 0 saturated carbocycles. The maximum absolute atomic E-state index is 6.93. The van der Waals surface area contributed by atoms with Gasteiger partial charge < -0.3 is 9.32 Å². The van der Waals surface area contributed by atoms with E-state index in [4.69, 9.17) is 4.42 Å². The van der Waals surface area contributed by atoms with Crippen molar-refractivity contribution in [3.63, 3.8) is 0 Å². The molecule has 2 heteroatoms. The largest absolute Gasteiger partial charge is 0.453 e. The summed E-state index contributed by atoms with van der Waals surface area (Å²) in [4.78, 5) is 2.33. The van der Waals surface area contributed by atoms with Crippen molar-refractivity contribution in [3.05, 3.63) is 237 Å². The lowest BCUT2D eigenvalue weighted by molar-refractivity contribution is 0.673. The Morgan fingerprint density at radius 3 is 1.37 bits per heavy atom. The minimum atomic E-state index is 0.861. The zero-order valence-corrected chi connectivity index (χ0v) is 33.9. The highest BCUT2D eigenvalue weighted by Gasteiger charge is 2.22. The van der Waals surface area contributed by atoms with Crippen LogP contribution in [0, 0.1) is 0 Å². The van der Waals surface area contributed by atoms with Crippen LogP contribution in [-0.2, 0) is 0 Å². The van der Waals surface area contributed by atoms with Crippen LogP contribution in [0.3, 0.4) is 0 Å². The summed E-state index contributed by atoms with van der Waals surface area (Å²) < 4.78 is 6.93. The molecule has 62 heavy (non-hydrogen) atoms. The molecule has 11 aromatic carbocycles. The highest BCUT2D eigenvalue weighted by atomic mass is 16.3. The van der Waals surface area contributed by atoms with Gasteiger partial charge in [0.25, 0.3) is 0 Å². The van der Waals surface area contributed by atoms with Gasteiger partial charge >= 0.3 is 0 Å². The third-order valence-electron chi connectivity index (χ3n) is 12.5. The minimum absolute atomic E-state index is 0.861. The number of fused-ring (bicyclic) bond motifs is 8. The number of hydrogen-bond donors (Lipinski definition) is 0. The molecular weight excluding hydrogens is 751 g/mol. The lowest BCUT2D eigenvalue weighted by Crippen LogP contribution is -2.10. The average molecular weight is 790 g/mol. The third-order valence-corrected chi connectivity index (χ3v) is 12.5. The number of para-hydroxylation sites is 1. The second-order valence-electron chi connectivity index (χ2n) is 16.0. The molecule has 0 unspecified atom stereocenters. The van der Waals surface area contributed by atoms with Crippen molar-refractivity contribution in [1.29, 1.82) is 0 Å². The van der Waals surface area contributed by atoms with E-state index in [1.807, 2.05) is 0 Å². The Balaban J connectivity index is 1.03. The van der Waals surface area contributed by atoms with Crippen LogP contribution >= 0.6 is 0 Å². The van der Waals surface area contributed by atoms with Crippen molar-refractivity contribution in [2.45, 2.75) is 0 Å². The first-order valence-corrected chi connectivity index (χ1v) is 21.3. The highest BCUT2D eigenvalue weighted by Crippen LogP contribution is 2.47. The van der Waals surface area contributed by atoms with Gasteiger partial charge in [0.15, 0.2) is 5.58 Å². The Morgan fingerprint density at radius 1 is 0.258 bits per heavy atom. The quantitative estimate of drug-likeness (QED) is 0.150. The van der Waals surface area contributed by atoms with Crippen LogP contribution in [0.1, 0.15) is 0 Å². The molecule has 0 radical (unpaired) electrons. The molecule has 12 aromatic rings. The number of benzene rings is 11. The summed E-state index contributed by atoms with van der Waals surface area (Å²) in [6.45, 7) is 0. The molecule has 2 nitrogen and oxygen atoms in total.